The monoisotopic (exact) mass is 304 g/mol. The number of hydrogen-bond donors (Lipinski definition) is 0. The van der Waals surface area contributed by atoms with E-state index in [1.165, 1.54) is 18.7 Å². The molecule has 116 valence electrons. The van der Waals surface area contributed by atoms with Gasteiger partial charge in [0, 0.05) is 37.4 Å². The number of pyridine rings is 1. The predicted octanol–water partition coefficient (Wildman–Crippen LogP) is 2.76. The molecule has 2 bridgehead atoms. The van der Waals surface area contributed by atoms with Gasteiger partial charge in [0.05, 0.1) is 23.5 Å². The molecule has 0 aliphatic carbocycles. The summed E-state index contributed by atoms with van der Waals surface area (Å²) in [6, 6.07) is 12.8. The molecule has 0 radical (unpaired) electrons. The fraction of sp³-hybridized carbons (Fsp3) is 0.368. The van der Waals surface area contributed by atoms with Crippen LogP contribution in [0, 0.1) is 17.2 Å². The van der Waals surface area contributed by atoms with E-state index >= 15 is 0 Å². The fourth-order valence-corrected chi connectivity index (χ4v) is 3.89. The fourth-order valence-electron chi connectivity index (χ4n) is 3.89. The van der Waals surface area contributed by atoms with E-state index in [-0.39, 0.29) is 0 Å². The Morgan fingerprint density at radius 1 is 1.09 bits per heavy atom. The maximum atomic E-state index is 8.92. The standard InChI is InChI=1S/C19H20N4/c1-22-11-15-6-19(22)13-23(12-15)18-7-17(9-21-10-18)16-4-2-14(8-20)3-5-16/h2-5,7,9-10,15,19H,6,11-13H2,1H3. The molecule has 2 fully saturated rings. The van der Waals surface area contributed by atoms with Gasteiger partial charge in [-0.3, -0.25) is 4.98 Å². The third-order valence-electron chi connectivity index (χ3n) is 5.12. The van der Waals surface area contributed by atoms with Crippen LogP contribution in [0.5, 0.6) is 0 Å². The Labute approximate surface area is 137 Å². The number of anilines is 1. The van der Waals surface area contributed by atoms with Crippen molar-refractivity contribution in [2.24, 2.45) is 5.92 Å². The van der Waals surface area contributed by atoms with Crippen LogP contribution in [0.1, 0.15) is 12.0 Å². The number of nitrogens with zero attached hydrogens (tertiary/aromatic N) is 4. The van der Waals surface area contributed by atoms with Gasteiger partial charge in [0.1, 0.15) is 0 Å². The Balaban J connectivity index is 1.60. The normalized spacial score (nSPS) is 23.7. The maximum absolute atomic E-state index is 8.92. The minimum Gasteiger partial charge on any atom is -0.368 e. The molecule has 2 saturated heterocycles. The lowest BCUT2D eigenvalue weighted by atomic mass is 9.99. The zero-order valence-electron chi connectivity index (χ0n) is 13.3. The van der Waals surface area contributed by atoms with E-state index in [9.17, 15) is 0 Å². The minimum absolute atomic E-state index is 0.673. The molecular formula is C19H20N4. The molecule has 0 saturated carbocycles. The predicted molar refractivity (Wildman–Crippen MR) is 91.1 cm³/mol. The van der Waals surface area contributed by atoms with Gasteiger partial charge in [0.2, 0.25) is 0 Å². The van der Waals surface area contributed by atoms with Crippen molar-refractivity contribution in [3.05, 3.63) is 48.3 Å². The van der Waals surface area contributed by atoms with Gasteiger partial charge >= 0.3 is 0 Å². The van der Waals surface area contributed by atoms with E-state index in [1.807, 2.05) is 36.7 Å². The van der Waals surface area contributed by atoms with Gasteiger partial charge in [-0.25, -0.2) is 0 Å². The van der Waals surface area contributed by atoms with Gasteiger partial charge in [-0.15, -0.1) is 0 Å². The highest BCUT2D eigenvalue weighted by molar-refractivity contribution is 5.67. The van der Waals surface area contributed by atoms with Crippen molar-refractivity contribution in [2.45, 2.75) is 12.5 Å². The summed E-state index contributed by atoms with van der Waals surface area (Å²) in [5, 5.41) is 8.92. The van der Waals surface area contributed by atoms with Crippen molar-refractivity contribution in [3.8, 4) is 17.2 Å². The molecule has 2 aliphatic rings. The van der Waals surface area contributed by atoms with Crippen LogP contribution in [-0.4, -0.2) is 42.6 Å². The van der Waals surface area contributed by atoms with E-state index < -0.39 is 0 Å². The average Bonchev–Trinajstić information content (AvgIpc) is 2.86. The van der Waals surface area contributed by atoms with Gasteiger partial charge in [0.25, 0.3) is 0 Å². The van der Waals surface area contributed by atoms with Gasteiger partial charge in [-0.2, -0.15) is 5.26 Å². The van der Waals surface area contributed by atoms with E-state index in [0.29, 0.717) is 11.6 Å². The van der Waals surface area contributed by atoms with Crippen LogP contribution in [0.25, 0.3) is 11.1 Å². The topological polar surface area (TPSA) is 43.2 Å². The number of aromatic nitrogens is 1. The largest absolute Gasteiger partial charge is 0.368 e. The number of benzene rings is 1. The second-order valence-electron chi connectivity index (χ2n) is 6.72. The zero-order chi connectivity index (χ0) is 15.8. The Bertz CT molecular complexity index is 745. The molecule has 1 aromatic heterocycles. The van der Waals surface area contributed by atoms with Crippen LogP contribution in [0.3, 0.4) is 0 Å². The van der Waals surface area contributed by atoms with Crippen LogP contribution in [0.15, 0.2) is 42.7 Å². The summed E-state index contributed by atoms with van der Waals surface area (Å²) >= 11 is 0. The average molecular weight is 304 g/mol. The maximum Gasteiger partial charge on any atom is 0.0991 e. The van der Waals surface area contributed by atoms with Crippen molar-refractivity contribution in [3.63, 3.8) is 0 Å². The molecule has 1 aromatic carbocycles. The molecule has 2 atom stereocenters. The zero-order valence-corrected chi connectivity index (χ0v) is 13.3. The Kier molecular flexibility index (Phi) is 3.51. The molecule has 2 aliphatic heterocycles. The van der Waals surface area contributed by atoms with Crippen molar-refractivity contribution >= 4 is 5.69 Å². The first-order chi connectivity index (χ1) is 11.2. The van der Waals surface area contributed by atoms with Gasteiger partial charge in [0.15, 0.2) is 0 Å². The number of hydrogen-bond acceptors (Lipinski definition) is 4. The first-order valence-corrected chi connectivity index (χ1v) is 8.14. The highest BCUT2D eigenvalue weighted by Gasteiger charge is 2.36. The lowest BCUT2D eigenvalue weighted by Crippen LogP contribution is -2.41. The van der Waals surface area contributed by atoms with Crippen molar-refractivity contribution < 1.29 is 0 Å². The summed E-state index contributed by atoms with van der Waals surface area (Å²) in [7, 11) is 2.24. The second-order valence-corrected chi connectivity index (χ2v) is 6.72. The highest BCUT2D eigenvalue weighted by atomic mass is 15.3. The van der Waals surface area contributed by atoms with E-state index in [4.69, 9.17) is 5.26 Å². The minimum atomic E-state index is 0.673. The summed E-state index contributed by atoms with van der Waals surface area (Å²) < 4.78 is 0. The van der Waals surface area contributed by atoms with Crippen molar-refractivity contribution in [2.75, 3.05) is 31.6 Å². The van der Waals surface area contributed by atoms with Gasteiger partial charge < -0.3 is 9.80 Å². The number of likely N-dealkylation sites (tertiary alicyclic amines) is 1. The Hall–Kier alpha value is -2.38. The summed E-state index contributed by atoms with van der Waals surface area (Å²) in [6.45, 7) is 3.43. The Morgan fingerprint density at radius 3 is 2.65 bits per heavy atom. The van der Waals surface area contributed by atoms with Crippen LogP contribution in [0.2, 0.25) is 0 Å². The number of nitriles is 1. The molecule has 0 amide bonds. The number of rotatable bonds is 2. The number of fused-ring (bicyclic) bond motifs is 2. The SMILES string of the molecule is CN1CC2CC1CN(c1cncc(-c3ccc(C#N)cc3)c1)C2. The van der Waals surface area contributed by atoms with Crippen LogP contribution in [0.4, 0.5) is 5.69 Å². The molecule has 23 heavy (non-hydrogen) atoms. The first-order valence-electron chi connectivity index (χ1n) is 8.14. The molecule has 4 heteroatoms. The van der Waals surface area contributed by atoms with Crippen molar-refractivity contribution in [1.82, 2.24) is 9.88 Å². The summed E-state index contributed by atoms with van der Waals surface area (Å²) in [5.74, 6) is 0.775. The molecule has 0 N–H and O–H groups in total. The lowest BCUT2D eigenvalue weighted by molar-refractivity contribution is 0.317. The van der Waals surface area contributed by atoms with Crippen molar-refractivity contribution in [1.29, 1.82) is 5.26 Å². The van der Waals surface area contributed by atoms with Gasteiger partial charge in [-0.1, -0.05) is 12.1 Å². The molecule has 2 aromatic rings. The molecule has 0 spiro atoms. The summed E-state index contributed by atoms with van der Waals surface area (Å²) in [4.78, 5) is 9.41. The third kappa shape index (κ3) is 2.69. The number of piperidine rings is 1. The van der Waals surface area contributed by atoms with Gasteiger partial charge in [-0.05, 0) is 43.1 Å². The Morgan fingerprint density at radius 2 is 1.91 bits per heavy atom. The molecule has 4 rings (SSSR count). The molecular weight excluding hydrogens is 284 g/mol. The third-order valence-corrected chi connectivity index (χ3v) is 5.12. The number of likely N-dealkylation sites (N-methyl/N-ethyl adjacent to an activating group) is 1. The van der Waals surface area contributed by atoms with Crippen LogP contribution < -0.4 is 4.90 Å². The van der Waals surface area contributed by atoms with E-state index in [0.717, 1.165) is 30.1 Å². The highest BCUT2D eigenvalue weighted by Crippen LogP contribution is 2.32. The molecule has 3 heterocycles. The summed E-state index contributed by atoms with van der Waals surface area (Å²) in [5.41, 5.74) is 4.11. The second kappa shape index (κ2) is 5.68. The van der Waals surface area contributed by atoms with E-state index in [2.05, 4.69) is 34.0 Å². The lowest BCUT2D eigenvalue weighted by Gasteiger charge is -2.33. The molecule has 4 nitrogen and oxygen atoms in total. The van der Waals surface area contributed by atoms with Crippen LogP contribution >= 0.6 is 0 Å². The quantitative estimate of drug-likeness (QED) is 0.855. The smallest absolute Gasteiger partial charge is 0.0991 e. The first kappa shape index (κ1) is 14.2. The van der Waals surface area contributed by atoms with E-state index in [1.54, 1.807) is 0 Å². The summed E-state index contributed by atoms with van der Waals surface area (Å²) in [6.07, 6.45) is 5.20. The molecule has 2 unspecified atom stereocenters. The van der Waals surface area contributed by atoms with Crippen LogP contribution in [-0.2, 0) is 0 Å².